The monoisotopic (exact) mass is 371 g/mol. The lowest BCUT2D eigenvalue weighted by Gasteiger charge is -2.41. The van der Waals surface area contributed by atoms with Crippen molar-refractivity contribution in [3.8, 4) is 0 Å². The molecule has 4 heterocycles. The van der Waals surface area contributed by atoms with E-state index in [4.69, 9.17) is 11.6 Å². The van der Waals surface area contributed by atoms with Crippen LogP contribution in [0, 0.1) is 5.92 Å². The number of pyridine rings is 2. The molecule has 0 unspecified atom stereocenters. The molecule has 2 fully saturated rings. The van der Waals surface area contributed by atoms with E-state index in [1.165, 1.54) is 0 Å². The van der Waals surface area contributed by atoms with Crippen LogP contribution in [0.25, 0.3) is 0 Å². The number of aromatic nitrogens is 2. The molecule has 3 amide bonds. The molecule has 26 heavy (non-hydrogen) atoms. The zero-order valence-electron chi connectivity index (χ0n) is 14.0. The van der Waals surface area contributed by atoms with Gasteiger partial charge in [0, 0.05) is 37.2 Å². The first kappa shape index (κ1) is 16.8. The second-order valence-electron chi connectivity index (χ2n) is 6.53. The van der Waals surface area contributed by atoms with Crippen molar-refractivity contribution in [2.24, 2.45) is 5.92 Å². The average molecular weight is 372 g/mol. The molecule has 4 rings (SSSR count). The van der Waals surface area contributed by atoms with Crippen LogP contribution in [0.5, 0.6) is 0 Å². The van der Waals surface area contributed by atoms with E-state index in [0.717, 1.165) is 18.7 Å². The van der Waals surface area contributed by atoms with Crippen molar-refractivity contribution in [1.82, 2.24) is 20.6 Å². The third-order valence-electron chi connectivity index (χ3n) is 5.16. The summed E-state index contributed by atoms with van der Waals surface area (Å²) in [5, 5.41) is 5.87. The maximum Gasteiger partial charge on any atom is 0.322 e. The van der Waals surface area contributed by atoms with Crippen LogP contribution in [0.1, 0.15) is 18.4 Å². The Morgan fingerprint density at radius 3 is 2.54 bits per heavy atom. The number of hydrogen-bond acceptors (Lipinski definition) is 5. The van der Waals surface area contributed by atoms with Crippen molar-refractivity contribution in [3.63, 3.8) is 0 Å². The van der Waals surface area contributed by atoms with Crippen molar-refractivity contribution in [3.05, 3.63) is 53.4 Å². The van der Waals surface area contributed by atoms with Crippen LogP contribution in [0.3, 0.4) is 0 Å². The number of piperidine rings is 1. The van der Waals surface area contributed by atoms with Crippen LogP contribution >= 0.6 is 11.6 Å². The minimum Gasteiger partial charge on any atom is -0.355 e. The van der Waals surface area contributed by atoms with Crippen LogP contribution < -0.4 is 15.5 Å². The van der Waals surface area contributed by atoms with E-state index >= 15 is 0 Å². The molecule has 2 aliphatic rings. The highest BCUT2D eigenvalue weighted by atomic mass is 35.5. The number of hydrogen-bond donors (Lipinski definition) is 2. The molecule has 1 atom stereocenters. The number of halogens is 1. The number of nitrogens with one attached hydrogen (secondary N) is 2. The highest BCUT2D eigenvalue weighted by molar-refractivity contribution is 6.32. The molecule has 8 heteroatoms. The van der Waals surface area contributed by atoms with E-state index < -0.39 is 11.6 Å². The Hall–Kier alpha value is -2.67. The molecule has 2 aliphatic heterocycles. The lowest BCUT2D eigenvalue weighted by molar-refractivity contribution is -0.126. The predicted molar refractivity (Wildman–Crippen MR) is 96.8 cm³/mol. The molecule has 0 saturated carbocycles. The highest BCUT2D eigenvalue weighted by Crippen LogP contribution is 2.39. The number of nitrogens with zero attached hydrogens (tertiary/aromatic N) is 3. The number of carbonyl (C=O) groups is 2. The second-order valence-corrected chi connectivity index (χ2v) is 6.94. The SMILES string of the molecule is O=C1NC(=O)[C@](c2cccnc2)(C2CCN(c3ncccc3Cl)CC2)N1. The Morgan fingerprint density at radius 1 is 1.15 bits per heavy atom. The molecule has 0 aliphatic carbocycles. The minimum atomic E-state index is -1.08. The summed E-state index contributed by atoms with van der Waals surface area (Å²) in [6, 6.07) is 6.76. The van der Waals surface area contributed by atoms with Crippen LogP contribution in [0.15, 0.2) is 42.9 Å². The Bertz CT molecular complexity index is 838. The number of anilines is 1. The fraction of sp³-hybridized carbons (Fsp3) is 0.333. The highest BCUT2D eigenvalue weighted by Gasteiger charge is 2.53. The van der Waals surface area contributed by atoms with Gasteiger partial charge in [-0.15, -0.1) is 0 Å². The molecule has 7 nitrogen and oxygen atoms in total. The molecular weight excluding hydrogens is 354 g/mol. The van der Waals surface area contributed by atoms with Gasteiger partial charge in [0.05, 0.1) is 5.02 Å². The van der Waals surface area contributed by atoms with Gasteiger partial charge in [0.25, 0.3) is 5.91 Å². The van der Waals surface area contributed by atoms with Crippen molar-refractivity contribution in [2.45, 2.75) is 18.4 Å². The standard InChI is InChI=1S/C18H18ClN5O2/c19-14-4-2-8-21-15(14)24-9-5-12(6-10-24)18(13-3-1-7-20-11-13)16(25)22-17(26)23-18/h1-4,7-8,11-12H,5-6,9-10H2,(H2,22,23,25,26)/t18-/m1/s1. The summed E-state index contributed by atoms with van der Waals surface area (Å²) in [4.78, 5) is 35.3. The largest absolute Gasteiger partial charge is 0.355 e. The quantitative estimate of drug-likeness (QED) is 0.806. The van der Waals surface area contributed by atoms with Crippen LogP contribution in [-0.4, -0.2) is 35.0 Å². The first-order valence-corrected chi connectivity index (χ1v) is 8.88. The normalized spacial score (nSPS) is 23.7. The topological polar surface area (TPSA) is 87.2 Å². The van der Waals surface area contributed by atoms with Gasteiger partial charge >= 0.3 is 6.03 Å². The zero-order valence-corrected chi connectivity index (χ0v) is 14.7. The summed E-state index contributed by atoms with van der Waals surface area (Å²) >= 11 is 6.25. The van der Waals surface area contributed by atoms with Crippen molar-refractivity contribution in [1.29, 1.82) is 0 Å². The van der Waals surface area contributed by atoms with Gasteiger partial charge in [-0.2, -0.15) is 0 Å². The Balaban J connectivity index is 1.61. The van der Waals surface area contributed by atoms with E-state index in [1.54, 1.807) is 30.7 Å². The first-order chi connectivity index (χ1) is 12.6. The van der Waals surface area contributed by atoms with Crippen molar-refractivity contribution >= 4 is 29.4 Å². The van der Waals surface area contributed by atoms with E-state index in [1.807, 2.05) is 12.1 Å². The average Bonchev–Trinajstić information content (AvgIpc) is 2.98. The van der Waals surface area contributed by atoms with E-state index in [9.17, 15) is 9.59 Å². The predicted octanol–water partition coefficient (Wildman–Crippen LogP) is 2.08. The van der Waals surface area contributed by atoms with Gasteiger partial charge in [-0.3, -0.25) is 15.1 Å². The Labute approximate surface area is 155 Å². The van der Waals surface area contributed by atoms with Crippen LogP contribution in [-0.2, 0) is 10.3 Å². The number of amides is 3. The molecule has 0 aromatic carbocycles. The maximum absolute atomic E-state index is 12.7. The number of rotatable bonds is 3. The lowest BCUT2D eigenvalue weighted by Crippen LogP contribution is -2.53. The van der Waals surface area contributed by atoms with Gasteiger partial charge in [0.2, 0.25) is 0 Å². The molecule has 2 N–H and O–H groups in total. The van der Waals surface area contributed by atoms with E-state index in [-0.39, 0.29) is 11.8 Å². The fourth-order valence-electron chi connectivity index (χ4n) is 3.93. The van der Waals surface area contributed by atoms with Crippen LogP contribution in [0.4, 0.5) is 10.6 Å². The summed E-state index contributed by atoms with van der Waals surface area (Å²) in [7, 11) is 0. The van der Waals surface area contributed by atoms with Crippen molar-refractivity contribution < 1.29 is 9.59 Å². The summed E-state index contributed by atoms with van der Waals surface area (Å²) in [6.07, 6.45) is 6.45. The molecular formula is C18H18ClN5O2. The molecule has 0 radical (unpaired) electrons. The third kappa shape index (κ3) is 2.68. The number of carbonyl (C=O) groups excluding carboxylic acids is 2. The first-order valence-electron chi connectivity index (χ1n) is 8.51. The Kier molecular flexibility index (Phi) is 4.24. The number of imide groups is 1. The summed E-state index contributed by atoms with van der Waals surface area (Å²) in [5.41, 5.74) is -0.372. The third-order valence-corrected chi connectivity index (χ3v) is 5.45. The number of urea groups is 1. The van der Waals surface area contributed by atoms with Gasteiger partial charge in [-0.05, 0) is 37.0 Å². The summed E-state index contributed by atoms with van der Waals surface area (Å²) in [6.45, 7) is 1.40. The summed E-state index contributed by atoms with van der Waals surface area (Å²) in [5.74, 6) is 0.393. The van der Waals surface area contributed by atoms with Gasteiger partial charge in [-0.1, -0.05) is 17.7 Å². The molecule has 0 bridgehead atoms. The molecule has 2 aromatic heterocycles. The van der Waals surface area contributed by atoms with E-state index in [2.05, 4.69) is 25.5 Å². The van der Waals surface area contributed by atoms with Gasteiger partial charge in [-0.25, -0.2) is 9.78 Å². The smallest absolute Gasteiger partial charge is 0.322 e. The Morgan fingerprint density at radius 2 is 1.92 bits per heavy atom. The maximum atomic E-state index is 12.7. The summed E-state index contributed by atoms with van der Waals surface area (Å²) < 4.78 is 0. The molecule has 2 aromatic rings. The lowest BCUT2D eigenvalue weighted by atomic mass is 9.73. The minimum absolute atomic E-state index is 0.0445. The fourth-order valence-corrected chi connectivity index (χ4v) is 4.17. The van der Waals surface area contributed by atoms with Crippen LogP contribution in [0.2, 0.25) is 5.02 Å². The second kappa shape index (κ2) is 6.57. The van der Waals surface area contributed by atoms with Crippen molar-refractivity contribution in [2.75, 3.05) is 18.0 Å². The van der Waals surface area contributed by atoms with Gasteiger partial charge in [0.1, 0.15) is 5.82 Å². The molecule has 0 spiro atoms. The molecule has 134 valence electrons. The van der Waals surface area contributed by atoms with Gasteiger partial charge in [0.15, 0.2) is 5.54 Å². The van der Waals surface area contributed by atoms with E-state index in [0.29, 0.717) is 23.7 Å². The van der Waals surface area contributed by atoms with Gasteiger partial charge < -0.3 is 10.2 Å². The zero-order chi connectivity index (χ0) is 18.1. The molecule has 2 saturated heterocycles.